The van der Waals surface area contributed by atoms with Crippen molar-refractivity contribution in [2.45, 2.75) is 38.0 Å². The highest BCUT2D eigenvalue weighted by Gasteiger charge is 2.19. The molecule has 0 saturated heterocycles. The Labute approximate surface area is 137 Å². The first-order valence-electron chi connectivity index (χ1n) is 7.47. The van der Waals surface area contributed by atoms with Crippen molar-refractivity contribution in [3.05, 3.63) is 59.2 Å². The molecule has 2 aromatic rings. The zero-order valence-corrected chi connectivity index (χ0v) is 14.1. The first kappa shape index (κ1) is 17.2. The summed E-state index contributed by atoms with van der Waals surface area (Å²) in [5.74, 6) is 0.360. The van der Waals surface area contributed by atoms with E-state index < -0.39 is 10.1 Å². The molecule has 5 heteroatoms. The lowest BCUT2D eigenvalue weighted by Crippen LogP contribution is -2.12. The number of hydrogen-bond donors (Lipinski definition) is 0. The van der Waals surface area contributed by atoms with Crippen LogP contribution in [0, 0.1) is 13.8 Å². The van der Waals surface area contributed by atoms with Gasteiger partial charge in [0.2, 0.25) is 0 Å². The highest BCUT2D eigenvalue weighted by Crippen LogP contribution is 2.28. The summed E-state index contributed by atoms with van der Waals surface area (Å²) in [5, 5.41) is 0. The minimum atomic E-state index is -3.88. The molecule has 2 rings (SSSR count). The maximum absolute atomic E-state index is 12.5. The van der Waals surface area contributed by atoms with Crippen LogP contribution in [0.5, 0.6) is 5.75 Å². The molecule has 0 radical (unpaired) electrons. The van der Waals surface area contributed by atoms with Crippen LogP contribution in [-0.2, 0) is 21.3 Å². The van der Waals surface area contributed by atoms with Crippen LogP contribution < -0.4 is 4.18 Å². The number of rotatable bonds is 7. The predicted octanol–water partition coefficient (Wildman–Crippen LogP) is 3.59. The summed E-state index contributed by atoms with van der Waals surface area (Å²) < 4.78 is 30.3. The fourth-order valence-corrected chi connectivity index (χ4v) is 3.29. The lowest BCUT2D eigenvalue weighted by atomic mass is 10.0. The van der Waals surface area contributed by atoms with Gasteiger partial charge in [-0.15, -0.1) is 0 Å². The first-order chi connectivity index (χ1) is 10.9. The lowest BCUT2D eigenvalue weighted by Gasteiger charge is -2.14. The number of carbonyl (C=O) groups excluding carboxylic acids is 1. The molecule has 4 nitrogen and oxygen atoms in total. The summed E-state index contributed by atoms with van der Waals surface area (Å²) in [5.41, 5.74) is 2.53. The second-order valence-electron chi connectivity index (χ2n) is 5.47. The second-order valence-corrected chi connectivity index (χ2v) is 7.02. The van der Waals surface area contributed by atoms with Gasteiger partial charge in [0.05, 0.1) is 0 Å². The summed E-state index contributed by atoms with van der Waals surface area (Å²) in [6.07, 6.45) is 2.56. The van der Waals surface area contributed by atoms with Gasteiger partial charge in [0.1, 0.15) is 16.9 Å². The van der Waals surface area contributed by atoms with Gasteiger partial charge in [0.15, 0.2) is 0 Å². The SMILES string of the molecule is Cc1ccc(S(=O)(=O)Oc2c(C)cccc2CCCC=O)cc1. The Bertz CT molecular complexity index is 777. The molecular weight excluding hydrogens is 312 g/mol. The van der Waals surface area contributed by atoms with Gasteiger partial charge >= 0.3 is 10.1 Å². The van der Waals surface area contributed by atoms with Crippen molar-refractivity contribution in [1.29, 1.82) is 0 Å². The fourth-order valence-electron chi connectivity index (χ4n) is 2.27. The fraction of sp³-hybridized carbons (Fsp3) is 0.278. The molecule has 23 heavy (non-hydrogen) atoms. The molecule has 0 bridgehead atoms. The van der Waals surface area contributed by atoms with Gasteiger partial charge in [0, 0.05) is 6.42 Å². The molecule has 122 valence electrons. The van der Waals surface area contributed by atoms with Crippen molar-refractivity contribution in [1.82, 2.24) is 0 Å². The molecule has 0 amide bonds. The van der Waals surface area contributed by atoms with Crippen molar-refractivity contribution in [2.75, 3.05) is 0 Å². The third kappa shape index (κ3) is 4.42. The zero-order chi connectivity index (χ0) is 16.9. The van der Waals surface area contributed by atoms with Crippen molar-refractivity contribution >= 4 is 16.4 Å². The standard InChI is InChI=1S/C18H20O4S/c1-14-9-11-17(12-10-14)23(20,21)22-18-15(2)6-5-8-16(18)7-3-4-13-19/h5-6,8-13H,3-4,7H2,1-2H3. The van der Waals surface area contributed by atoms with Crippen LogP contribution in [-0.4, -0.2) is 14.7 Å². The summed E-state index contributed by atoms with van der Waals surface area (Å²) in [6.45, 7) is 3.70. The third-order valence-corrected chi connectivity index (χ3v) is 4.80. The Balaban J connectivity index is 2.31. The molecule has 0 aliphatic carbocycles. The maximum Gasteiger partial charge on any atom is 0.339 e. The maximum atomic E-state index is 12.5. The number of hydrogen-bond acceptors (Lipinski definition) is 4. The first-order valence-corrected chi connectivity index (χ1v) is 8.88. The Hall–Kier alpha value is -2.14. The molecule has 0 saturated carbocycles. The van der Waals surface area contributed by atoms with E-state index in [2.05, 4.69) is 0 Å². The minimum Gasteiger partial charge on any atom is -0.378 e. The van der Waals surface area contributed by atoms with E-state index in [0.717, 1.165) is 23.0 Å². The molecule has 0 N–H and O–H groups in total. The lowest BCUT2D eigenvalue weighted by molar-refractivity contribution is -0.107. The van der Waals surface area contributed by atoms with Crippen molar-refractivity contribution < 1.29 is 17.4 Å². The largest absolute Gasteiger partial charge is 0.378 e. The molecule has 0 aromatic heterocycles. The van der Waals surface area contributed by atoms with Crippen LogP contribution in [0.3, 0.4) is 0 Å². The van der Waals surface area contributed by atoms with Gasteiger partial charge in [-0.1, -0.05) is 35.9 Å². The van der Waals surface area contributed by atoms with E-state index in [4.69, 9.17) is 4.18 Å². The van der Waals surface area contributed by atoms with E-state index >= 15 is 0 Å². The summed E-state index contributed by atoms with van der Waals surface area (Å²) >= 11 is 0. The van der Waals surface area contributed by atoms with Crippen molar-refractivity contribution in [2.24, 2.45) is 0 Å². The van der Waals surface area contributed by atoms with E-state index in [-0.39, 0.29) is 4.90 Å². The Morgan fingerprint density at radius 1 is 1.04 bits per heavy atom. The Morgan fingerprint density at radius 3 is 2.39 bits per heavy atom. The molecule has 0 aliphatic heterocycles. The molecule has 0 aliphatic rings. The topological polar surface area (TPSA) is 60.4 Å². The van der Waals surface area contributed by atoms with Gasteiger partial charge < -0.3 is 8.98 Å². The van der Waals surface area contributed by atoms with Crippen molar-refractivity contribution in [3.63, 3.8) is 0 Å². The summed E-state index contributed by atoms with van der Waals surface area (Å²) in [7, 11) is -3.88. The van der Waals surface area contributed by atoms with E-state index in [1.807, 2.05) is 32.0 Å². The van der Waals surface area contributed by atoms with Gasteiger partial charge in [-0.05, 0) is 49.9 Å². The number of unbranched alkanes of at least 4 members (excludes halogenated alkanes) is 1. The number of para-hydroxylation sites is 1. The predicted molar refractivity (Wildman–Crippen MR) is 89.2 cm³/mol. The van der Waals surface area contributed by atoms with Gasteiger partial charge in [0.25, 0.3) is 0 Å². The second kappa shape index (κ2) is 7.42. The molecule has 0 fully saturated rings. The monoisotopic (exact) mass is 332 g/mol. The molecular formula is C18H20O4S. The van der Waals surface area contributed by atoms with Crippen LogP contribution in [0.4, 0.5) is 0 Å². The highest BCUT2D eigenvalue weighted by molar-refractivity contribution is 7.87. The van der Waals surface area contributed by atoms with E-state index in [1.54, 1.807) is 12.1 Å². The van der Waals surface area contributed by atoms with E-state index in [9.17, 15) is 13.2 Å². The third-order valence-electron chi connectivity index (χ3n) is 3.56. The molecule has 0 unspecified atom stereocenters. The Kier molecular flexibility index (Phi) is 5.55. The van der Waals surface area contributed by atoms with Gasteiger partial charge in [-0.2, -0.15) is 8.42 Å². The summed E-state index contributed by atoms with van der Waals surface area (Å²) in [4.78, 5) is 10.6. The van der Waals surface area contributed by atoms with Gasteiger partial charge in [-0.25, -0.2) is 0 Å². The number of carbonyl (C=O) groups is 1. The molecule has 0 heterocycles. The number of aldehydes is 1. The van der Waals surface area contributed by atoms with Crippen LogP contribution in [0.15, 0.2) is 47.4 Å². The normalized spacial score (nSPS) is 11.2. The minimum absolute atomic E-state index is 0.130. The average Bonchev–Trinajstić information content (AvgIpc) is 2.51. The van der Waals surface area contributed by atoms with Crippen LogP contribution in [0.2, 0.25) is 0 Å². The van der Waals surface area contributed by atoms with E-state index in [1.165, 1.54) is 12.1 Å². The Morgan fingerprint density at radius 2 is 1.74 bits per heavy atom. The summed E-state index contributed by atoms with van der Waals surface area (Å²) in [6, 6.07) is 12.0. The number of aryl methyl sites for hydroxylation is 3. The van der Waals surface area contributed by atoms with Crippen LogP contribution in [0.1, 0.15) is 29.5 Å². The zero-order valence-electron chi connectivity index (χ0n) is 13.3. The van der Waals surface area contributed by atoms with Crippen LogP contribution >= 0.6 is 0 Å². The van der Waals surface area contributed by atoms with Crippen LogP contribution in [0.25, 0.3) is 0 Å². The average molecular weight is 332 g/mol. The smallest absolute Gasteiger partial charge is 0.339 e. The highest BCUT2D eigenvalue weighted by atomic mass is 32.2. The van der Waals surface area contributed by atoms with Gasteiger partial charge in [-0.3, -0.25) is 0 Å². The number of benzene rings is 2. The molecule has 0 atom stereocenters. The van der Waals surface area contributed by atoms with Crippen molar-refractivity contribution in [3.8, 4) is 5.75 Å². The quantitative estimate of drug-likeness (QED) is 0.442. The van der Waals surface area contributed by atoms with E-state index in [0.29, 0.717) is 25.0 Å². The molecule has 0 spiro atoms. The molecule has 2 aromatic carbocycles.